The Labute approximate surface area is 122 Å². The second-order valence-corrected chi connectivity index (χ2v) is 5.54. The average Bonchev–Trinajstić information content (AvgIpc) is 2.44. The van der Waals surface area contributed by atoms with Gasteiger partial charge in [-0.25, -0.2) is 0 Å². The molecule has 1 aromatic carbocycles. The zero-order valence-electron chi connectivity index (χ0n) is 12.5. The fraction of sp³-hybridized carbons (Fsp3) is 0.529. The minimum Gasteiger partial charge on any atom is -0.395 e. The number of aliphatic hydroxyl groups excluding tert-OH is 1. The first-order valence-corrected chi connectivity index (χ1v) is 7.30. The molecule has 1 aliphatic heterocycles. The lowest BCUT2D eigenvalue weighted by Gasteiger charge is -2.37. The molecule has 1 unspecified atom stereocenters. The van der Waals surface area contributed by atoms with Gasteiger partial charge in [0.15, 0.2) is 0 Å². The minimum atomic E-state index is 0.131. The number of hydrogen-bond donors (Lipinski definition) is 1. The maximum absolute atomic E-state index is 8.75. The van der Waals surface area contributed by atoms with Gasteiger partial charge in [0, 0.05) is 44.2 Å². The summed E-state index contributed by atoms with van der Waals surface area (Å²) in [7, 11) is 2.19. The molecule has 1 heterocycles. The molecule has 0 spiro atoms. The van der Waals surface area contributed by atoms with Crippen molar-refractivity contribution in [3.63, 3.8) is 0 Å². The Balaban J connectivity index is 1.96. The molecule has 3 nitrogen and oxygen atoms in total. The third-order valence-corrected chi connectivity index (χ3v) is 3.85. The highest BCUT2D eigenvalue weighted by Crippen LogP contribution is 2.12. The molecule has 1 atom stereocenters. The van der Waals surface area contributed by atoms with E-state index in [0.717, 1.165) is 31.7 Å². The number of rotatable bonds is 3. The molecule has 1 fully saturated rings. The van der Waals surface area contributed by atoms with Gasteiger partial charge in [-0.15, -0.1) is 0 Å². The molecular formula is C17H24N2O. The van der Waals surface area contributed by atoms with Gasteiger partial charge in [-0.2, -0.15) is 0 Å². The molecule has 20 heavy (non-hydrogen) atoms. The lowest BCUT2D eigenvalue weighted by Crippen LogP contribution is -2.49. The van der Waals surface area contributed by atoms with E-state index < -0.39 is 0 Å². The van der Waals surface area contributed by atoms with Crippen LogP contribution in [0, 0.1) is 11.8 Å². The smallest absolute Gasteiger partial charge is 0.0540 e. The monoisotopic (exact) mass is 272 g/mol. The summed E-state index contributed by atoms with van der Waals surface area (Å²) in [6, 6.07) is 9.04. The maximum atomic E-state index is 8.75. The highest BCUT2D eigenvalue weighted by Gasteiger charge is 2.20. The van der Waals surface area contributed by atoms with Crippen LogP contribution in [0.2, 0.25) is 0 Å². The van der Waals surface area contributed by atoms with Crippen molar-refractivity contribution in [3.8, 4) is 11.8 Å². The largest absolute Gasteiger partial charge is 0.395 e. The molecule has 108 valence electrons. The Kier molecular flexibility index (Phi) is 5.60. The van der Waals surface area contributed by atoms with E-state index >= 15 is 0 Å². The number of likely N-dealkylation sites (N-methyl/N-ethyl adjacent to an activating group) is 1. The molecule has 1 saturated heterocycles. The van der Waals surface area contributed by atoms with E-state index in [1.54, 1.807) is 0 Å². The molecule has 0 aliphatic carbocycles. The quantitative estimate of drug-likeness (QED) is 0.846. The second kappa shape index (κ2) is 7.44. The van der Waals surface area contributed by atoms with Gasteiger partial charge in [0.05, 0.1) is 6.61 Å². The van der Waals surface area contributed by atoms with Crippen molar-refractivity contribution in [2.24, 2.45) is 0 Å². The van der Waals surface area contributed by atoms with Gasteiger partial charge in [-0.3, -0.25) is 4.90 Å². The number of nitrogens with zero attached hydrogens (tertiary/aromatic N) is 2. The molecule has 2 rings (SSSR count). The summed E-state index contributed by atoms with van der Waals surface area (Å²) in [5.41, 5.74) is 2.36. The van der Waals surface area contributed by atoms with Crippen LogP contribution in [-0.4, -0.2) is 54.2 Å². The molecule has 1 aromatic rings. The fourth-order valence-electron chi connectivity index (χ4n) is 2.49. The van der Waals surface area contributed by atoms with Gasteiger partial charge in [0.1, 0.15) is 0 Å². The molecule has 0 aromatic heterocycles. The normalized spacial score (nSPS) is 20.4. The fourth-order valence-corrected chi connectivity index (χ4v) is 2.49. The Bertz CT molecular complexity index is 489. The van der Waals surface area contributed by atoms with Gasteiger partial charge in [-0.05, 0) is 31.7 Å². The highest BCUT2D eigenvalue weighted by atomic mass is 16.2. The van der Waals surface area contributed by atoms with Crippen molar-refractivity contribution in [2.75, 3.05) is 33.3 Å². The molecule has 0 amide bonds. The first-order chi connectivity index (χ1) is 9.69. The summed E-state index contributed by atoms with van der Waals surface area (Å²) in [5, 5.41) is 8.75. The van der Waals surface area contributed by atoms with Gasteiger partial charge >= 0.3 is 0 Å². The molecule has 1 aliphatic rings. The number of benzene rings is 1. The summed E-state index contributed by atoms with van der Waals surface area (Å²) < 4.78 is 0. The molecule has 3 heteroatoms. The average molecular weight is 272 g/mol. The Morgan fingerprint density at radius 3 is 2.95 bits per heavy atom. The van der Waals surface area contributed by atoms with Crippen LogP contribution < -0.4 is 0 Å². The lowest BCUT2D eigenvalue weighted by molar-refractivity contribution is 0.1000. The molecule has 0 radical (unpaired) electrons. The van der Waals surface area contributed by atoms with E-state index in [2.05, 4.69) is 53.8 Å². The van der Waals surface area contributed by atoms with Crippen LogP contribution >= 0.6 is 0 Å². The van der Waals surface area contributed by atoms with E-state index in [4.69, 9.17) is 5.11 Å². The van der Waals surface area contributed by atoms with E-state index in [1.807, 2.05) is 6.07 Å². The number of hydrogen-bond acceptors (Lipinski definition) is 3. The van der Waals surface area contributed by atoms with Crippen molar-refractivity contribution in [1.82, 2.24) is 9.80 Å². The zero-order chi connectivity index (χ0) is 14.4. The maximum Gasteiger partial charge on any atom is 0.0540 e. The minimum absolute atomic E-state index is 0.131. The molecule has 0 bridgehead atoms. The number of piperazine rings is 1. The standard InChI is InChI=1S/C17H24N2O/c1-15-13-19(10-9-18(15)2)14-17-8-5-7-16(12-17)6-3-4-11-20/h5,7-8,12,15,20H,4,9-11,13-14H2,1-2H3. The summed E-state index contributed by atoms with van der Waals surface area (Å²) in [6.07, 6.45) is 0.542. The van der Waals surface area contributed by atoms with Crippen LogP contribution in [-0.2, 0) is 6.54 Å². The van der Waals surface area contributed by atoms with Gasteiger partial charge in [0.25, 0.3) is 0 Å². The predicted molar refractivity (Wildman–Crippen MR) is 82.4 cm³/mol. The third-order valence-electron chi connectivity index (χ3n) is 3.85. The summed E-state index contributed by atoms with van der Waals surface area (Å²) in [5.74, 6) is 6.08. The Hall–Kier alpha value is -1.34. The van der Waals surface area contributed by atoms with E-state index in [1.165, 1.54) is 5.56 Å². The second-order valence-electron chi connectivity index (χ2n) is 5.54. The Morgan fingerprint density at radius 2 is 2.20 bits per heavy atom. The van der Waals surface area contributed by atoms with Crippen molar-refractivity contribution in [2.45, 2.75) is 25.9 Å². The highest BCUT2D eigenvalue weighted by molar-refractivity contribution is 5.37. The summed E-state index contributed by atoms with van der Waals surface area (Å²) in [6.45, 7) is 6.79. The molecule has 0 saturated carbocycles. The van der Waals surface area contributed by atoms with Crippen LogP contribution in [0.1, 0.15) is 24.5 Å². The lowest BCUT2D eigenvalue weighted by atomic mass is 10.1. The Morgan fingerprint density at radius 1 is 1.35 bits per heavy atom. The summed E-state index contributed by atoms with van der Waals surface area (Å²) in [4.78, 5) is 4.91. The molecular weight excluding hydrogens is 248 g/mol. The van der Waals surface area contributed by atoms with Crippen LogP contribution in [0.25, 0.3) is 0 Å². The van der Waals surface area contributed by atoms with Crippen molar-refractivity contribution in [1.29, 1.82) is 0 Å². The van der Waals surface area contributed by atoms with E-state index in [9.17, 15) is 0 Å². The van der Waals surface area contributed by atoms with Crippen LogP contribution in [0.4, 0.5) is 0 Å². The van der Waals surface area contributed by atoms with Gasteiger partial charge in [-0.1, -0.05) is 24.0 Å². The van der Waals surface area contributed by atoms with E-state index in [-0.39, 0.29) is 6.61 Å². The van der Waals surface area contributed by atoms with Crippen LogP contribution in [0.3, 0.4) is 0 Å². The van der Waals surface area contributed by atoms with Gasteiger partial charge in [0.2, 0.25) is 0 Å². The summed E-state index contributed by atoms with van der Waals surface area (Å²) >= 11 is 0. The van der Waals surface area contributed by atoms with E-state index in [0.29, 0.717) is 12.5 Å². The van der Waals surface area contributed by atoms with Crippen molar-refractivity contribution >= 4 is 0 Å². The first kappa shape index (κ1) is 15.1. The third kappa shape index (κ3) is 4.35. The topological polar surface area (TPSA) is 26.7 Å². The molecule has 1 N–H and O–H groups in total. The van der Waals surface area contributed by atoms with Crippen molar-refractivity contribution in [3.05, 3.63) is 35.4 Å². The zero-order valence-corrected chi connectivity index (χ0v) is 12.5. The SMILES string of the molecule is CC1CN(Cc2cccc(C#CCCO)c2)CCN1C. The van der Waals surface area contributed by atoms with Crippen molar-refractivity contribution < 1.29 is 5.11 Å². The van der Waals surface area contributed by atoms with Crippen LogP contribution in [0.5, 0.6) is 0 Å². The predicted octanol–water partition coefficient (Wildman–Crippen LogP) is 1.56. The number of aliphatic hydroxyl groups is 1. The van der Waals surface area contributed by atoms with Gasteiger partial charge < -0.3 is 10.0 Å². The van der Waals surface area contributed by atoms with Crippen LogP contribution in [0.15, 0.2) is 24.3 Å². The first-order valence-electron chi connectivity index (χ1n) is 7.30.